The Morgan fingerprint density at radius 2 is 1.14 bits per heavy atom. The van der Waals surface area contributed by atoms with E-state index in [4.69, 9.17) is 18.9 Å². The maximum atomic E-state index is 13.1. The van der Waals surface area contributed by atoms with Crippen LogP contribution < -0.4 is 11.1 Å². The Bertz CT molecular complexity index is 2220. The molecule has 0 atom stereocenters. The smallest absolute Gasteiger partial charge is 0.311 e. The van der Waals surface area contributed by atoms with E-state index in [0.717, 1.165) is 28.5 Å². The van der Waals surface area contributed by atoms with Gasteiger partial charge in [0.2, 0.25) is 11.8 Å². The van der Waals surface area contributed by atoms with Crippen LogP contribution in [-0.2, 0) is 64.1 Å². The summed E-state index contributed by atoms with van der Waals surface area (Å²) < 4.78 is 23.6. The van der Waals surface area contributed by atoms with Crippen molar-refractivity contribution in [2.45, 2.75) is 58.5 Å². The topological polar surface area (TPSA) is 181 Å². The Kier molecular flexibility index (Phi) is 13.6. The van der Waals surface area contributed by atoms with Crippen molar-refractivity contribution in [2.24, 2.45) is 0 Å². The summed E-state index contributed by atoms with van der Waals surface area (Å²) in [6.07, 6.45) is 2.02. The van der Waals surface area contributed by atoms with E-state index >= 15 is 0 Å². The number of hydrogen-bond acceptors (Lipinski definition) is 12. The van der Waals surface area contributed by atoms with E-state index in [-0.39, 0.29) is 62.1 Å². The molecule has 16 nitrogen and oxygen atoms in total. The number of halogens is 1. The Hall–Kier alpha value is -5.00. The molecule has 56 heavy (non-hydrogen) atoms. The molecule has 4 aromatic rings. The van der Waals surface area contributed by atoms with E-state index < -0.39 is 11.9 Å². The molecule has 3 aliphatic rings. The van der Waals surface area contributed by atoms with E-state index in [1.54, 1.807) is 47.9 Å². The number of aromatic nitrogens is 4. The minimum Gasteiger partial charge on any atom is -0.466 e. The predicted octanol–water partition coefficient (Wildman–Crippen LogP) is 2.36. The molecular formula is C39H45BrN6O10. The van der Waals surface area contributed by atoms with Crippen LogP contribution in [0.1, 0.15) is 49.6 Å². The molecule has 1 aliphatic carbocycles. The largest absolute Gasteiger partial charge is 0.466 e. The molecule has 0 radical (unpaired) electrons. The average Bonchev–Trinajstić information content (AvgIpc) is 4.05. The van der Waals surface area contributed by atoms with Crippen molar-refractivity contribution < 1.29 is 38.1 Å². The van der Waals surface area contributed by atoms with E-state index in [2.05, 4.69) is 26.1 Å². The number of amides is 2. The van der Waals surface area contributed by atoms with Crippen molar-refractivity contribution in [1.29, 1.82) is 0 Å². The third-order valence-corrected chi connectivity index (χ3v) is 10.3. The zero-order valence-electron chi connectivity index (χ0n) is 31.5. The number of hydrogen-bond donors (Lipinski definition) is 0. The van der Waals surface area contributed by atoms with Crippen LogP contribution in [0.25, 0.3) is 21.5 Å². The van der Waals surface area contributed by atoms with Crippen LogP contribution in [0, 0.1) is 0 Å². The standard InChI is InChI=1S/C21H25N3O5.C18H20BrN3O5/c1-2-29-19(26)12-17-20-15(14-6-7-14)4-3-5-16(20)21(27)24(22-17)13-18(25)23-8-10-28-11-9-23;1-2-27-16(24)10-14-17-12(4-3-5-13(17)19)18(25)22(20-14)11-15(23)21-6-8-26-9-7-21/h3-5,14H,2,6-13H2,1H3;3-5H,2,6-11H2,1H3. The molecule has 298 valence electrons. The second-order valence-electron chi connectivity index (χ2n) is 13.5. The summed E-state index contributed by atoms with van der Waals surface area (Å²) in [5, 5.41) is 11.0. The van der Waals surface area contributed by atoms with Crippen molar-refractivity contribution in [3.63, 3.8) is 0 Å². The summed E-state index contributed by atoms with van der Waals surface area (Å²) in [7, 11) is 0. The van der Waals surface area contributed by atoms with Crippen molar-refractivity contribution in [1.82, 2.24) is 29.4 Å². The Balaban J connectivity index is 0.000000190. The SMILES string of the molecule is CCOC(=O)Cc1nn(CC(=O)N2CCOCC2)c(=O)c2cccc(Br)c12.CCOC(=O)Cc1nn(CC(=O)N2CCOCC2)c(=O)c2cccc(C3CC3)c12. The predicted molar refractivity (Wildman–Crippen MR) is 207 cm³/mol. The molecule has 0 spiro atoms. The summed E-state index contributed by atoms with van der Waals surface area (Å²) in [6, 6.07) is 10.8. The number of benzene rings is 2. The van der Waals surface area contributed by atoms with E-state index in [1.165, 1.54) is 4.68 Å². The zero-order valence-corrected chi connectivity index (χ0v) is 33.1. The first kappa shape index (κ1) is 40.7. The molecule has 2 aromatic heterocycles. The molecular weight excluding hydrogens is 792 g/mol. The first-order valence-corrected chi connectivity index (χ1v) is 19.6. The number of nitrogens with zero attached hydrogens (tertiary/aromatic N) is 6. The second-order valence-corrected chi connectivity index (χ2v) is 14.3. The van der Waals surface area contributed by atoms with Gasteiger partial charge in [0.1, 0.15) is 13.1 Å². The summed E-state index contributed by atoms with van der Waals surface area (Å²) >= 11 is 3.42. The summed E-state index contributed by atoms with van der Waals surface area (Å²) in [5.74, 6) is -0.818. The Labute approximate surface area is 330 Å². The summed E-state index contributed by atoms with van der Waals surface area (Å²) in [4.78, 5) is 78.6. The van der Waals surface area contributed by atoms with E-state index in [9.17, 15) is 28.8 Å². The Morgan fingerprint density at radius 3 is 1.61 bits per heavy atom. The number of morpholine rings is 2. The lowest BCUT2D eigenvalue weighted by Crippen LogP contribution is -2.44. The van der Waals surface area contributed by atoms with Gasteiger partial charge in [-0.1, -0.05) is 34.1 Å². The highest BCUT2D eigenvalue weighted by molar-refractivity contribution is 9.10. The fraction of sp³-hybridized carbons (Fsp3) is 0.487. The van der Waals surface area contributed by atoms with Gasteiger partial charge >= 0.3 is 11.9 Å². The highest BCUT2D eigenvalue weighted by Gasteiger charge is 2.29. The maximum absolute atomic E-state index is 13.1. The highest BCUT2D eigenvalue weighted by atomic mass is 79.9. The van der Waals surface area contributed by atoms with Gasteiger partial charge in [-0.25, -0.2) is 9.36 Å². The number of carbonyl (C=O) groups excluding carboxylic acids is 4. The van der Waals surface area contributed by atoms with Crippen molar-refractivity contribution in [3.05, 3.63) is 78.5 Å². The van der Waals surface area contributed by atoms with Gasteiger partial charge < -0.3 is 28.7 Å². The highest BCUT2D eigenvalue weighted by Crippen LogP contribution is 2.43. The molecule has 2 amide bonds. The number of carbonyl (C=O) groups is 4. The molecule has 0 N–H and O–H groups in total. The summed E-state index contributed by atoms with van der Waals surface area (Å²) in [5.41, 5.74) is 1.26. The lowest BCUT2D eigenvalue weighted by Gasteiger charge is -2.27. The van der Waals surface area contributed by atoms with Crippen molar-refractivity contribution in [2.75, 3.05) is 65.8 Å². The molecule has 7 rings (SSSR count). The molecule has 4 heterocycles. The fourth-order valence-electron chi connectivity index (χ4n) is 6.80. The quantitative estimate of drug-likeness (QED) is 0.202. The van der Waals surface area contributed by atoms with Crippen LogP contribution in [0.2, 0.25) is 0 Å². The van der Waals surface area contributed by atoms with E-state index in [1.807, 2.05) is 12.1 Å². The lowest BCUT2D eigenvalue weighted by atomic mass is 9.99. The first-order chi connectivity index (χ1) is 27.1. The minimum atomic E-state index is -0.438. The van der Waals surface area contributed by atoms with Gasteiger partial charge in [0.05, 0.1) is 74.6 Å². The summed E-state index contributed by atoms with van der Waals surface area (Å²) in [6.45, 7) is 7.59. The normalized spacial score (nSPS) is 15.6. The number of esters is 2. The third-order valence-electron chi connectivity index (χ3n) is 9.65. The molecule has 2 aliphatic heterocycles. The van der Waals surface area contributed by atoms with Crippen LogP contribution in [0.5, 0.6) is 0 Å². The fourth-order valence-corrected chi connectivity index (χ4v) is 7.40. The van der Waals surface area contributed by atoms with Crippen LogP contribution in [0.3, 0.4) is 0 Å². The first-order valence-electron chi connectivity index (χ1n) is 18.8. The molecule has 1 saturated carbocycles. The Morgan fingerprint density at radius 1 is 0.696 bits per heavy atom. The van der Waals surface area contributed by atoms with Crippen LogP contribution >= 0.6 is 15.9 Å². The van der Waals surface area contributed by atoms with Crippen LogP contribution in [-0.4, -0.2) is 119 Å². The minimum absolute atomic E-state index is 0.0277. The van der Waals surface area contributed by atoms with Gasteiger partial charge in [-0.2, -0.15) is 10.2 Å². The van der Waals surface area contributed by atoms with E-state index in [0.29, 0.717) is 90.5 Å². The van der Waals surface area contributed by atoms with Gasteiger partial charge in [-0.05, 0) is 56.4 Å². The van der Waals surface area contributed by atoms with Crippen LogP contribution in [0.15, 0.2) is 50.5 Å². The van der Waals surface area contributed by atoms with Crippen molar-refractivity contribution in [3.8, 4) is 0 Å². The van der Waals surface area contributed by atoms with Gasteiger partial charge in [0.15, 0.2) is 0 Å². The van der Waals surface area contributed by atoms with Gasteiger partial charge in [0, 0.05) is 41.4 Å². The average molecular weight is 838 g/mol. The number of ether oxygens (including phenoxy) is 4. The molecule has 2 saturated heterocycles. The van der Waals surface area contributed by atoms with Crippen molar-refractivity contribution >= 4 is 61.2 Å². The van der Waals surface area contributed by atoms with Crippen LogP contribution in [0.4, 0.5) is 0 Å². The molecule has 0 unspecified atom stereocenters. The monoisotopic (exact) mass is 836 g/mol. The molecule has 3 fully saturated rings. The third kappa shape index (κ3) is 9.68. The second kappa shape index (κ2) is 18.8. The lowest BCUT2D eigenvalue weighted by molar-refractivity contribution is -0.143. The van der Waals surface area contributed by atoms with Gasteiger partial charge in [-0.15, -0.1) is 0 Å². The zero-order chi connectivity index (χ0) is 39.8. The maximum Gasteiger partial charge on any atom is 0.311 e. The number of fused-ring (bicyclic) bond motifs is 2. The molecule has 2 aromatic carbocycles. The molecule has 17 heteroatoms. The number of rotatable bonds is 11. The van der Waals surface area contributed by atoms with Gasteiger partial charge in [-0.3, -0.25) is 28.8 Å². The van der Waals surface area contributed by atoms with Gasteiger partial charge in [0.25, 0.3) is 11.1 Å². The molecule has 0 bridgehead atoms.